The maximum absolute atomic E-state index is 11.4. The van der Waals surface area contributed by atoms with Crippen LogP contribution in [-0.2, 0) is 14.3 Å². The lowest BCUT2D eigenvalue weighted by molar-refractivity contribution is -0.147. The van der Waals surface area contributed by atoms with Crippen LogP contribution >= 0.6 is 0 Å². The second-order valence-electron chi connectivity index (χ2n) is 4.43. The van der Waals surface area contributed by atoms with Crippen LogP contribution < -0.4 is 5.73 Å². The zero-order valence-electron chi connectivity index (χ0n) is 9.57. The van der Waals surface area contributed by atoms with Gasteiger partial charge in [-0.15, -0.1) is 0 Å². The number of rotatable bonds is 5. The Morgan fingerprint density at radius 1 is 1.60 bits per heavy atom. The molecule has 0 aromatic heterocycles. The fourth-order valence-corrected chi connectivity index (χ4v) is 1.45. The minimum Gasteiger partial charge on any atom is -0.463 e. The van der Waals surface area contributed by atoms with Crippen molar-refractivity contribution in [3.05, 3.63) is 0 Å². The molecule has 1 fully saturated rings. The van der Waals surface area contributed by atoms with Crippen molar-refractivity contribution in [3.63, 3.8) is 0 Å². The number of hydrogen-bond acceptors (Lipinski definition) is 4. The van der Waals surface area contributed by atoms with Crippen LogP contribution in [0.2, 0.25) is 0 Å². The quantitative estimate of drug-likeness (QED) is 0.697. The first kappa shape index (κ1) is 12.5. The standard InChI is InChI=1S/C11H21NO3/c1-8(2)10(12)6-11(13)15-7-9-4-3-5-14-9/h8-10H,3-7,12H2,1-2H3. The first-order valence-corrected chi connectivity index (χ1v) is 5.62. The topological polar surface area (TPSA) is 61.6 Å². The Morgan fingerprint density at radius 2 is 2.33 bits per heavy atom. The third-order valence-electron chi connectivity index (χ3n) is 2.71. The largest absolute Gasteiger partial charge is 0.463 e. The highest BCUT2D eigenvalue weighted by Gasteiger charge is 2.19. The van der Waals surface area contributed by atoms with Gasteiger partial charge >= 0.3 is 5.97 Å². The fraction of sp³-hybridized carbons (Fsp3) is 0.909. The Bertz CT molecular complexity index is 200. The second kappa shape index (κ2) is 6.08. The lowest BCUT2D eigenvalue weighted by Gasteiger charge is -2.15. The molecule has 2 atom stereocenters. The molecule has 4 nitrogen and oxygen atoms in total. The minimum absolute atomic E-state index is 0.101. The molecule has 1 rings (SSSR count). The molecule has 4 heteroatoms. The van der Waals surface area contributed by atoms with E-state index in [4.69, 9.17) is 15.2 Å². The Hall–Kier alpha value is -0.610. The van der Waals surface area contributed by atoms with Crippen molar-refractivity contribution in [1.82, 2.24) is 0 Å². The molecule has 0 aliphatic carbocycles. The van der Waals surface area contributed by atoms with Crippen LogP contribution in [0.4, 0.5) is 0 Å². The summed E-state index contributed by atoms with van der Waals surface area (Å²) in [5.74, 6) is 0.0898. The van der Waals surface area contributed by atoms with Crippen LogP contribution in [0.1, 0.15) is 33.1 Å². The molecule has 1 heterocycles. The van der Waals surface area contributed by atoms with Gasteiger partial charge in [-0.2, -0.15) is 0 Å². The van der Waals surface area contributed by atoms with Crippen molar-refractivity contribution in [2.45, 2.75) is 45.3 Å². The number of ether oxygens (including phenoxy) is 2. The lowest BCUT2D eigenvalue weighted by Crippen LogP contribution is -2.31. The van der Waals surface area contributed by atoms with E-state index < -0.39 is 0 Å². The number of esters is 1. The molecule has 1 aliphatic rings. The van der Waals surface area contributed by atoms with Gasteiger partial charge < -0.3 is 15.2 Å². The predicted molar refractivity (Wildman–Crippen MR) is 57.4 cm³/mol. The monoisotopic (exact) mass is 215 g/mol. The number of carbonyl (C=O) groups excluding carboxylic acids is 1. The molecule has 2 unspecified atom stereocenters. The third-order valence-corrected chi connectivity index (χ3v) is 2.71. The zero-order valence-corrected chi connectivity index (χ0v) is 9.57. The molecule has 1 saturated heterocycles. The summed E-state index contributed by atoms with van der Waals surface area (Å²) in [5.41, 5.74) is 5.77. The van der Waals surface area contributed by atoms with E-state index in [1.165, 1.54) is 0 Å². The highest BCUT2D eigenvalue weighted by atomic mass is 16.6. The van der Waals surface area contributed by atoms with E-state index in [1.807, 2.05) is 13.8 Å². The van der Waals surface area contributed by atoms with E-state index >= 15 is 0 Å². The smallest absolute Gasteiger partial charge is 0.307 e. The third kappa shape index (κ3) is 4.62. The summed E-state index contributed by atoms with van der Waals surface area (Å²) < 4.78 is 10.5. The molecule has 0 radical (unpaired) electrons. The Labute approximate surface area is 91.1 Å². The Kier molecular flexibility index (Phi) is 5.05. The summed E-state index contributed by atoms with van der Waals surface area (Å²) >= 11 is 0. The van der Waals surface area contributed by atoms with Gasteiger partial charge in [-0.05, 0) is 18.8 Å². The van der Waals surface area contributed by atoms with E-state index in [9.17, 15) is 4.79 Å². The Balaban J connectivity index is 2.12. The van der Waals surface area contributed by atoms with Gasteiger partial charge in [0.15, 0.2) is 0 Å². The molecule has 0 bridgehead atoms. The van der Waals surface area contributed by atoms with Gasteiger partial charge in [-0.1, -0.05) is 13.8 Å². The van der Waals surface area contributed by atoms with Crippen LogP contribution in [-0.4, -0.2) is 31.3 Å². The van der Waals surface area contributed by atoms with Crippen molar-refractivity contribution >= 4 is 5.97 Å². The number of nitrogens with two attached hydrogens (primary N) is 1. The van der Waals surface area contributed by atoms with Crippen LogP contribution in [0.5, 0.6) is 0 Å². The molecule has 2 N–H and O–H groups in total. The molecule has 0 spiro atoms. The molecule has 0 aromatic rings. The van der Waals surface area contributed by atoms with Gasteiger partial charge in [0, 0.05) is 12.6 Å². The van der Waals surface area contributed by atoms with Crippen LogP contribution in [0.3, 0.4) is 0 Å². The number of hydrogen-bond donors (Lipinski definition) is 1. The maximum Gasteiger partial charge on any atom is 0.307 e. The van der Waals surface area contributed by atoms with Gasteiger partial charge in [-0.3, -0.25) is 4.79 Å². The summed E-state index contributed by atoms with van der Waals surface area (Å²) in [6, 6.07) is -0.109. The van der Waals surface area contributed by atoms with Crippen LogP contribution in [0, 0.1) is 5.92 Å². The highest BCUT2D eigenvalue weighted by Crippen LogP contribution is 2.12. The highest BCUT2D eigenvalue weighted by molar-refractivity contribution is 5.70. The van der Waals surface area contributed by atoms with Crippen molar-refractivity contribution in [3.8, 4) is 0 Å². The van der Waals surface area contributed by atoms with Gasteiger partial charge in [0.1, 0.15) is 6.61 Å². The van der Waals surface area contributed by atoms with Crippen LogP contribution in [0.25, 0.3) is 0 Å². The van der Waals surface area contributed by atoms with E-state index in [0.29, 0.717) is 18.9 Å². The molecule has 0 amide bonds. The molecule has 15 heavy (non-hydrogen) atoms. The zero-order chi connectivity index (χ0) is 11.3. The number of carbonyl (C=O) groups is 1. The molecular weight excluding hydrogens is 194 g/mol. The van der Waals surface area contributed by atoms with Crippen molar-refractivity contribution in [1.29, 1.82) is 0 Å². The van der Waals surface area contributed by atoms with E-state index in [0.717, 1.165) is 19.4 Å². The molecule has 1 aliphatic heterocycles. The normalized spacial score (nSPS) is 23.1. The average molecular weight is 215 g/mol. The van der Waals surface area contributed by atoms with Gasteiger partial charge in [-0.25, -0.2) is 0 Å². The Morgan fingerprint density at radius 3 is 2.87 bits per heavy atom. The summed E-state index contributed by atoms with van der Waals surface area (Å²) in [7, 11) is 0. The summed E-state index contributed by atoms with van der Waals surface area (Å²) in [4.78, 5) is 11.4. The average Bonchev–Trinajstić information content (AvgIpc) is 2.66. The van der Waals surface area contributed by atoms with E-state index in [2.05, 4.69) is 0 Å². The second-order valence-corrected chi connectivity index (χ2v) is 4.43. The first-order chi connectivity index (χ1) is 7.09. The molecule has 0 saturated carbocycles. The summed E-state index contributed by atoms with van der Waals surface area (Å²) in [6.45, 7) is 5.16. The minimum atomic E-state index is -0.216. The van der Waals surface area contributed by atoms with Gasteiger partial charge in [0.25, 0.3) is 0 Å². The first-order valence-electron chi connectivity index (χ1n) is 5.62. The maximum atomic E-state index is 11.4. The van der Waals surface area contributed by atoms with Crippen LogP contribution in [0.15, 0.2) is 0 Å². The lowest BCUT2D eigenvalue weighted by atomic mass is 10.0. The fourth-order valence-electron chi connectivity index (χ4n) is 1.45. The SMILES string of the molecule is CC(C)C(N)CC(=O)OCC1CCCO1. The van der Waals surface area contributed by atoms with Gasteiger partial charge in [0.05, 0.1) is 12.5 Å². The van der Waals surface area contributed by atoms with Crippen molar-refractivity contribution in [2.75, 3.05) is 13.2 Å². The van der Waals surface area contributed by atoms with Crippen molar-refractivity contribution in [2.24, 2.45) is 11.7 Å². The van der Waals surface area contributed by atoms with E-state index in [1.54, 1.807) is 0 Å². The molecular formula is C11H21NO3. The predicted octanol–water partition coefficient (Wildman–Crippen LogP) is 1.08. The summed E-state index contributed by atoms with van der Waals surface area (Å²) in [6.07, 6.45) is 2.45. The van der Waals surface area contributed by atoms with Crippen molar-refractivity contribution < 1.29 is 14.3 Å². The van der Waals surface area contributed by atoms with E-state index in [-0.39, 0.29) is 18.1 Å². The molecule has 88 valence electrons. The molecule has 0 aromatic carbocycles. The summed E-state index contributed by atoms with van der Waals surface area (Å²) in [5, 5.41) is 0. The van der Waals surface area contributed by atoms with Gasteiger partial charge in [0.2, 0.25) is 0 Å².